The van der Waals surface area contributed by atoms with Gasteiger partial charge in [0.2, 0.25) is 17.6 Å². The molecule has 3 saturated carbocycles. The standard InChI is InChI=1S/C25H32N6O5.C20H24N6O3.C20H23N5O5.C5H11NO/c1-25(2,3)36-24(34)30(4)21-13-20(28-17-9-7-11-26-23(17)35-5)29-22-16(14-27-31(21)22)19(33)12-15-8-6-10-18(15)32;1-21-18-10-17(24-14-6-4-8-22-20(14)29-2)25-19-13(11-23-26(18)19)16(28)9-12-5-3-7-15(12)27;1-20(2,3)30-19(28)24(4)16-10-12(23-14-7-6-8-21-17(14)29-5)9-15-13(18(26)27)11-22-25(15)16;6-4-2-1-3-5(4)7/h7,9,11,13-15,18,32H,6,8,10,12H2,1-5H3,(H,28,29);4,6,8,10-12,15,21,27H,3,5,7,9H2,1-2H3,(H,24,25);6-11,23H,1-5H3,(H,26,27);4-5,7H,1-3,6H2/t15?,18-;12?,15-;;4-,5-/m11.1/s1. The van der Waals surface area contributed by atoms with Crippen molar-refractivity contribution >= 4 is 98.4 Å². The van der Waals surface area contributed by atoms with Crippen LogP contribution in [-0.4, -0.2) is 182 Å². The SMILES string of the molecule is CNc1cc(Nc2cccnc2OC)nc2c(C(=O)CC3CCC[C@H]3O)cnn12.COc1ncccc1Nc1cc(N(C)C(=O)OC(C)(C)C)n2ncc(C(=O)CC3CCC[C@H]3O)c2n1.COc1ncccc1Nc1cc(N(C)C(=O)OC(C)(C)C)n2ncc(C(=O)O)c2c1.N[C@@H]1CCC[C@H]1O. The van der Waals surface area contributed by atoms with E-state index in [0.29, 0.717) is 105 Å². The first-order chi connectivity index (χ1) is 48.6. The van der Waals surface area contributed by atoms with E-state index in [4.69, 9.17) is 34.5 Å². The second-order valence-electron chi connectivity index (χ2n) is 26.7. The molecule has 10 N–H and O–H groups in total. The summed E-state index contributed by atoms with van der Waals surface area (Å²) in [5.41, 5.74) is 8.15. The lowest BCUT2D eigenvalue weighted by molar-refractivity contribution is 0.0577. The smallest absolute Gasteiger partial charge is 0.415 e. The van der Waals surface area contributed by atoms with Crippen molar-refractivity contribution in [3.05, 3.63) is 115 Å². The zero-order valence-corrected chi connectivity index (χ0v) is 59.2. The number of hydrogen-bond donors (Lipinski definition) is 9. The number of ketones is 2. The van der Waals surface area contributed by atoms with E-state index in [2.05, 4.69) is 61.5 Å². The lowest BCUT2D eigenvalue weighted by atomic mass is 9.96. The van der Waals surface area contributed by atoms with E-state index in [0.717, 1.165) is 51.4 Å². The molecule has 3 aliphatic rings. The highest BCUT2D eigenvalue weighted by Gasteiger charge is 2.33. The van der Waals surface area contributed by atoms with Crippen molar-refractivity contribution < 1.29 is 68.1 Å². The number of nitrogens with two attached hydrogens (primary N) is 1. The molecule has 102 heavy (non-hydrogen) atoms. The Labute approximate surface area is 588 Å². The van der Waals surface area contributed by atoms with Crippen LogP contribution in [0, 0.1) is 11.8 Å². The zero-order valence-electron chi connectivity index (χ0n) is 59.2. The van der Waals surface area contributed by atoms with Crippen molar-refractivity contribution in [3.8, 4) is 17.6 Å². The number of rotatable bonds is 19. The molecule has 3 fully saturated rings. The Balaban J connectivity index is 0.000000170. The second kappa shape index (κ2) is 33.1. The van der Waals surface area contributed by atoms with Gasteiger partial charge in [-0.15, -0.1) is 0 Å². The van der Waals surface area contributed by atoms with Gasteiger partial charge in [-0.1, -0.05) is 12.8 Å². The molecule has 0 bridgehead atoms. The number of carbonyl (C=O) groups is 5. The lowest BCUT2D eigenvalue weighted by Crippen LogP contribution is -2.35. The molecule has 0 radical (unpaired) electrons. The van der Waals surface area contributed by atoms with Crippen molar-refractivity contribution in [2.24, 2.45) is 17.6 Å². The highest BCUT2D eigenvalue weighted by molar-refractivity contribution is 6.03. The van der Waals surface area contributed by atoms with Gasteiger partial charge in [-0.05, 0) is 141 Å². The number of amides is 2. The number of pyridine rings is 4. The summed E-state index contributed by atoms with van der Waals surface area (Å²) in [6, 6.07) is 17.4. The largest absolute Gasteiger partial charge is 0.480 e. The number of methoxy groups -OCH3 is 3. The number of aromatic nitrogens is 11. The maximum absolute atomic E-state index is 13.2. The maximum Gasteiger partial charge on any atom is 0.415 e. The molecule has 12 rings (SSSR count). The average Bonchev–Trinajstić information content (AvgIpc) is 1.59. The molecule has 544 valence electrons. The van der Waals surface area contributed by atoms with Crippen LogP contribution < -0.4 is 51.0 Å². The Morgan fingerprint density at radius 3 is 1.39 bits per heavy atom. The predicted molar refractivity (Wildman–Crippen MR) is 382 cm³/mol. The molecule has 0 saturated heterocycles. The van der Waals surface area contributed by atoms with Crippen molar-refractivity contribution in [1.82, 2.24) is 53.8 Å². The van der Waals surface area contributed by atoms with Crippen LogP contribution in [0.25, 0.3) is 16.8 Å². The fourth-order valence-corrected chi connectivity index (χ4v) is 11.8. The Morgan fingerprint density at radius 1 is 0.559 bits per heavy atom. The number of nitrogens with zero attached hydrogens (tertiary/aromatic N) is 13. The number of nitrogens with one attached hydrogen (secondary N) is 4. The van der Waals surface area contributed by atoms with Crippen LogP contribution in [-0.2, 0) is 9.47 Å². The molecule has 9 heterocycles. The molecule has 2 amide bonds. The molecule has 0 aliphatic heterocycles. The minimum atomic E-state index is -1.13. The third-order valence-corrected chi connectivity index (χ3v) is 17.0. The number of carboxylic acid groups (broad SMARTS) is 1. The normalized spacial score (nSPS) is 17.8. The molecule has 0 spiro atoms. The Hall–Kier alpha value is -10.8. The second-order valence-corrected chi connectivity index (χ2v) is 26.7. The quantitative estimate of drug-likeness (QED) is 0.0340. The molecular formula is C70H90N18O14. The van der Waals surface area contributed by atoms with Gasteiger partial charge >= 0.3 is 18.2 Å². The number of fused-ring (bicyclic) bond motifs is 3. The van der Waals surface area contributed by atoms with Crippen LogP contribution in [0.3, 0.4) is 0 Å². The first-order valence-electron chi connectivity index (χ1n) is 33.4. The van der Waals surface area contributed by atoms with Gasteiger partial charge in [0.05, 0.1) is 74.9 Å². The number of aliphatic hydroxyl groups is 3. The van der Waals surface area contributed by atoms with Crippen LogP contribution >= 0.6 is 0 Å². The van der Waals surface area contributed by atoms with Crippen LogP contribution in [0.1, 0.15) is 143 Å². The molecule has 6 atom stereocenters. The first kappa shape index (κ1) is 75.4. The summed E-state index contributed by atoms with van der Waals surface area (Å²) in [7, 11) is 9.43. The van der Waals surface area contributed by atoms with Crippen LogP contribution in [0.15, 0.2) is 97.8 Å². The molecule has 9 aromatic heterocycles. The summed E-state index contributed by atoms with van der Waals surface area (Å²) in [6.45, 7) is 10.6. The monoisotopic (exact) mass is 1410 g/mol. The number of hydrogen-bond acceptors (Lipinski definition) is 26. The number of aliphatic hydroxyl groups excluding tert-OH is 3. The molecule has 32 nitrogen and oxygen atoms in total. The van der Waals surface area contributed by atoms with E-state index in [1.54, 1.807) is 147 Å². The topological polar surface area (TPSA) is 409 Å². The third-order valence-electron chi connectivity index (χ3n) is 17.0. The predicted octanol–water partition coefficient (Wildman–Crippen LogP) is 10.0. The van der Waals surface area contributed by atoms with E-state index < -0.39 is 41.6 Å². The van der Waals surface area contributed by atoms with Crippen molar-refractivity contribution in [3.63, 3.8) is 0 Å². The van der Waals surface area contributed by atoms with E-state index in [9.17, 15) is 39.3 Å². The number of Topliss-reactive ketones (excluding diaryl/α,β-unsaturated/α-hetero) is 2. The van der Waals surface area contributed by atoms with Crippen molar-refractivity contribution in [2.75, 3.05) is 73.5 Å². The van der Waals surface area contributed by atoms with Crippen LogP contribution in [0.5, 0.6) is 17.6 Å². The number of carbonyl (C=O) groups excluding carboxylic acids is 4. The molecule has 2 unspecified atom stereocenters. The van der Waals surface area contributed by atoms with Gasteiger partial charge in [0, 0.05) is 82.5 Å². The Morgan fingerprint density at radius 2 is 0.980 bits per heavy atom. The lowest BCUT2D eigenvalue weighted by Gasteiger charge is -2.25. The minimum Gasteiger partial charge on any atom is -0.480 e. The number of ether oxygens (including phenoxy) is 5. The van der Waals surface area contributed by atoms with Gasteiger partial charge in [0.25, 0.3) is 0 Å². The third kappa shape index (κ3) is 18.6. The van der Waals surface area contributed by atoms with Crippen molar-refractivity contribution in [2.45, 2.75) is 148 Å². The maximum atomic E-state index is 13.2. The Bertz CT molecular complexity index is 4430. The fraction of sp³-hybridized carbons (Fsp3) is 0.443. The molecular weight excluding hydrogens is 1320 g/mol. The summed E-state index contributed by atoms with van der Waals surface area (Å²) in [6.07, 6.45) is 15.3. The fourth-order valence-electron chi connectivity index (χ4n) is 11.8. The summed E-state index contributed by atoms with van der Waals surface area (Å²) < 4.78 is 31.2. The zero-order chi connectivity index (χ0) is 73.7. The van der Waals surface area contributed by atoms with Gasteiger partial charge in [-0.25, -0.2) is 43.8 Å². The highest BCUT2D eigenvalue weighted by Crippen LogP contribution is 2.36. The molecule has 9 aromatic rings. The first-order valence-corrected chi connectivity index (χ1v) is 33.4. The van der Waals surface area contributed by atoms with E-state index in [-0.39, 0.29) is 53.2 Å². The van der Waals surface area contributed by atoms with Gasteiger partial charge in [0.15, 0.2) is 22.9 Å². The Kier molecular flexibility index (Phi) is 24.5. The van der Waals surface area contributed by atoms with Gasteiger partial charge in [-0.2, -0.15) is 24.3 Å². The average molecular weight is 1410 g/mol. The number of aromatic carboxylic acids is 1. The van der Waals surface area contributed by atoms with Gasteiger partial charge < -0.3 is 71.1 Å². The molecule has 3 aliphatic carbocycles. The summed E-state index contributed by atoms with van der Waals surface area (Å²) in [5, 5.41) is 64.1. The highest BCUT2D eigenvalue weighted by atomic mass is 16.6. The molecule has 0 aromatic carbocycles. The van der Waals surface area contributed by atoms with Crippen LogP contribution in [0.2, 0.25) is 0 Å². The summed E-state index contributed by atoms with van der Waals surface area (Å²) in [5.74, 6) is 1.97. The number of carboxylic acids is 1. The minimum absolute atomic E-state index is 0.00202. The van der Waals surface area contributed by atoms with Crippen molar-refractivity contribution in [1.29, 1.82) is 0 Å². The van der Waals surface area contributed by atoms with Gasteiger partial charge in [-0.3, -0.25) is 19.4 Å². The van der Waals surface area contributed by atoms with E-state index in [1.165, 1.54) is 52.5 Å². The van der Waals surface area contributed by atoms with E-state index in [1.807, 2.05) is 6.07 Å². The van der Waals surface area contributed by atoms with Crippen LogP contribution in [0.4, 0.5) is 61.4 Å². The summed E-state index contributed by atoms with van der Waals surface area (Å²) in [4.78, 5) is 87.6. The van der Waals surface area contributed by atoms with E-state index >= 15 is 0 Å². The van der Waals surface area contributed by atoms with Gasteiger partial charge in [0.1, 0.15) is 62.9 Å². The number of anilines is 9. The summed E-state index contributed by atoms with van der Waals surface area (Å²) >= 11 is 0. The molecule has 32 heteroatoms.